The number of aromatic nitrogens is 2. The van der Waals surface area contributed by atoms with Crippen LogP contribution in [0.25, 0.3) is 0 Å². The lowest BCUT2D eigenvalue weighted by molar-refractivity contribution is 0.120. The molecule has 0 saturated carbocycles. The predicted octanol–water partition coefficient (Wildman–Crippen LogP) is 2.84. The van der Waals surface area contributed by atoms with Gasteiger partial charge in [0.1, 0.15) is 23.3 Å². The quantitative estimate of drug-likeness (QED) is 0.872. The van der Waals surface area contributed by atoms with Gasteiger partial charge in [0.2, 0.25) is 0 Å². The van der Waals surface area contributed by atoms with Crippen molar-refractivity contribution in [2.45, 2.75) is 25.9 Å². The van der Waals surface area contributed by atoms with Crippen LogP contribution in [-0.2, 0) is 4.74 Å². The molecule has 4 rings (SSSR count). The topological polar surface area (TPSA) is 53.5 Å². The van der Waals surface area contributed by atoms with Gasteiger partial charge in [-0.3, -0.25) is 0 Å². The van der Waals surface area contributed by atoms with Gasteiger partial charge in [0, 0.05) is 51.1 Å². The molecular weight excluding hydrogens is 345 g/mol. The number of halogens is 1. The summed E-state index contributed by atoms with van der Waals surface area (Å²) in [7, 11) is 0. The highest BCUT2D eigenvalue weighted by Gasteiger charge is 2.20. The van der Waals surface area contributed by atoms with Crippen molar-refractivity contribution in [3.8, 4) is 0 Å². The molecular formula is C20H26FN5O. The second kappa shape index (κ2) is 8.08. The Kier molecular flexibility index (Phi) is 5.38. The number of anilines is 3. The SMILES string of the molecule is Cc1nc(NCC2CCCO2)cc(N2CCN(c3ccc(F)cc3)CC2)n1. The number of nitrogens with zero attached hydrogens (tertiary/aromatic N) is 4. The van der Waals surface area contributed by atoms with Crippen molar-refractivity contribution in [1.29, 1.82) is 0 Å². The molecule has 1 unspecified atom stereocenters. The first-order valence-corrected chi connectivity index (χ1v) is 9.64. The van der Waals surface area contributed by atoms with E-state index in [-0.39, 0.29) is 11.9 Å². The number of piperazine rings is 1. The lowest BCUT2D eigenvalue weighted by Crippen LogP contribution is -2.47. The van der Waals surface area contributed by atoms with Crippen LogP contribution in [0.4, 0.5) is 21.7 Å². The zero-order valence-electron chi connectivity index (χ0n) is 15.7. The van der Waals surface area contributed by atoms with Crippen molar-refractivity contribution in [3.63, 3.8) is 0 Å². The Balaban J connectivity index is 1.37. The third-order valence-electron chi connectivity index (χ3n) is 5.15. The maximum Gasteiger partial charge on any atom is 0.134 e. The summed E-state index contributed by atoms with van der Waals surface area (Å²) in [6.45, 7) is 7.08. The van der Waals surface area contributed by atoms with Gasteiger partial charge in [-0.1, -0.05) is 0 Å². The van der Waals surface area contributed by atoms with Gasteiger partial charge in [-0.2, -0.15) is 0 Å². The summed E-state index contributed by atoms with van der Waals surface area (Å²) < 4.78 is 18.8. The van der Waals surface area contributed by atoms with Crippen molar-refractivity contribution >= 4 is 17.3 Å². The molecule has 0 amide bonds. The van der Waals surface area contributed by atoms with E-state index in [1.165, 1.54) is 12.1 Å². The van der Waals surface area contributed by atoms with E-state index in [1.807, 2.05) is 25.1 Å². The molecule has 2 aliphatic rings. The van der Waals surface area contributed by atoms with Gasteiger partial charge in [-0.15, -0.1) is 0 Å². The smallest absolute Gasteiger partial charge is 0.134 e. The van der Waals surface area contributed by atoms with Gasteiger partial charge in [0.05, 0.1) is 6.10 Å². The van der Waals surface area contributed by atoms with E-state index in [9.17, 15) is 4.39 Å². The molecule has 0 bridgehead atoms. The Bertz CT molecular complexity index is 755. The summed E-state index contributed by atoms with van der Waals surface area (Å²) in [5.41, 5.74) is 1.06. The van der Waals surface area contributed by atoms with E-state index in [1.54, 1.807) is 0 Å². The molecule has 0 radical (unpaired) electrons. The minimum absolute atomic E-state index is 0.197. The van der Waals surface area contributed by atoms with E-state index >= 15 is 0 Å². The molecule has 1 aromatic heterocycles. The van der Waals surface area contributed by atoms with E-state index in [4.69, 9.17) is 4.74 Å². The van der Waals surface area contributed by atoms with Gasteiger partial charge >= 0.3 is 0 Å². The van der Waals surface area contributed by atoms with Crippen molar-refractivity contribution in [3.05, 3.63) is 42.0 Å². The number of hydrogen-bond donors (Lipinski definition) is 1. The van der Waals surface area contributed by atoms with Crippen molar-refractivity contribution in [2.75, 3.05) is 54.4 Å². The van der Waals surface area contributed by atoms with Crippen LogP contribution in [0.2, 0.25) is 0 Å². The van der Waals surface area contributed by atoms with Crippen molar-refractivity contribution in [2.24, 2.45) is 0 Å². The van der Waals surface area contributed by atoms with E-state index in [0.717, 1.165) is 75.3 Å². The molecule has 2 aliphatic heterocycles. The molecule has 6 nitrogen and oxygen atoms in total. The number of hydrogen-bond acceptors (Lipinski definition) is 6. The molecule has 3 heterocycles. The Morgan fingerprint density at radius 2 is 1.85 bits per heavy atom. The van der Waals surface area contributed by atoms with Crippen LogP contribution < -0.4 is 15.1 Å². The van der Waals surface area contributed by atoms with Gasteiger partial charge in [0.15, 0.2) is 0 Å². The molecule has 27 heavy (non-hydrogen) atoms. The molecule has 1 aromatic carbocycles. The minimum Gasteiger partial charge on any atom is -0.376 e. The van der Waals surface area contributed by atoms with Gasteiger partial charge < -0.3 is 19.9 Å². The number of nitrogens with one attached hydrogen (secondary N) is 1. The van der Waals surface area contributed by atoms with Crippen LogP contribution >= 0.6 is 0 Å². The molecule has 7 heteroatoms. The zero-order chi connectivity index (χ0) is 18.6. The Morgan fingerprint density at radius 3 is 2.56 bits per heavy atom. The van der Waals surface area contributed by atoms with Crippen LogP contribution in [0.5, 0.6) is 0 Å². The largest absolute Gasteiger partial charge is 0.376 e. The third-order valence-corrected chi connectivity index (χ3v) is 5.15. The molecule has 0 spiro atoms. The average Bonchev–Trinajstić information content (AvgIpc) is 3.20. The van der Waals surface area contributed by atoms with E-state index < -0.39 is 0 Å². The summed E-state index contributed by atoms with van der Waals surface area (Å²) in [4.78, 5) is 13.7. The fourth-order valence-electron chi connectivity index (χ4n) is 3.67. The van der Waals surface area contributed by atoms with E-state index in [2.05, 4.69) is 25.1 Å². The lowest BCUT2D eigenvalue weighted by Gasteiger charge is -2.36. The van der Waals surface area contributed by atoms with Crippen LogP contribution in [-0.4, -0.2) is 55.4 Å². The molecule has 2 aromatic rings. The lowest BCUT2D eigenvalue weighted by atomic mass is 10.2. The zero-order valence-corrected chi connectivity index (χ0v) is 15.7. The second-order valence-electron chi connectivity index (χ2n) is 7.13. The van der Waals surface area contributed by atoms with Gasteiger partial charge in [-0.25, -0.2) is 14.4 Å². The van der Waals surface area contributed by atoms with Crippen LogP contribution in [0.3, 0.4) is 0 Å². The molecule has 2 fully saturated rings. The predicted molar refractivity (Wildman–Crippen MR) is 105 cm³/mol. The summed E-state index contributed by atoms with van der Waals surface area (Å²) in [6, 6.07) is 8.73. The van der Waals surface area contributed by atoms with Crippen LogP contribution in [0, 0.1) is 12.7 Å². The Morgan fingerprint density at radius 1 is 1.11 bits per heavy atom. The maximum absolute atomic E-state index is 13.1. The first-order valence-electron chi connectivity index (χ1n) is 9.64. The van der Waals surface area contributed by atoms with Gasteiger partial charge in [-0.05, 0) is 44.0 Å². The Labute approximate surface area is 159 Å². The van der Waals surface area contributed by atoms with E-state index in [0.29, 0.717) is 0 Å². The normalized spacial score (nSPS) is 20.1. The Hall–Kier alpha value is -2.41. The molecule has 2 saturated heterocycles. The van der Waals surface area contributed by atoms with Crippen molar-refractivity contribution in [1.82, 2.24) is 9.97 Å². The fraction of sp³-hybridized carbons (Fsp3) is 0.500. The third kappa shape index (κ3) is 4.47. The van der Waals surface area contributed by atoms with Crippen LogP contribution in [0.1, 0.15) is 18.7 Å². The molecule has 1 atom stereocenters. The average molecular weight is 371 g/mol. The fourth-order valence-corrected chi connectivity index (χ4v) is 3.67. The van der Waals surface area contributed by atoms with Crippen molar-refractivity contribution < 1.29 is 9.13 Å². The standard InChI is InChI=1S/C20H26FN5O/c1-15-23-19(22-14-18-3-2-12-27-18)13-20(24-15)26-10-8-25(9-11-26)17-6-4-16(21)5-7-17/h4-7,13,18H,2-3,8-12,14H2,1H3,(H,22,23,24). The number of benzene rings is 1. The highest BCUT2D eigenvalue weighted by molar-refractivity contribution is 5.52. The second-order valence-corrected chi connectivity index (χ2v) is 7.13. The summed E-state index contributed by atoms with van der Waals surface area (Å²) in [6.07, 6.45) is 2.52. The first kappa shape index (κ1) is 18.0. The molecule has 1 N–H and O–H groups in total. The highest BCUT2D eigenvalue weighted by atomic mass is 19.1. The first-order chi connectivity index (χ1) is 13.2. The maximum atomic E-state index is 13.1. The van der Waals surface area contributed by atoms with Crippen LogP contribution in [0.15, 0.2) is 30.3 Å². The minimum atomic E-state index is -0.197. The highest BCUT2D eigenvalue weighted by Crippen LogP contribution is 2.22. The monoisotopic (exact) mass is 371 g/mol. The number of rotatable bonds is 5. The number of aryl methyl sites for hydroxylation is 1. The summed E-state index contributed by atoms with van der Waals surface area (Å²) in [5, 5.41) is 3.40. The molecule has 144 valence electrons. The van der Waals surface area contributed by atoms with Gasteiger partial charge in [0.25, 0.3) is 0 Å². The number of ether oxygens (including phenoxy) is 1. The summed E-state index contributed by atoms with van der Waals surface area (Å²) in [5.74, 6) is 2.38. The summed E-state index contributed by atoms with van der Waals surface area (Å²) >= 11 is 0. The molecule has 0 aliphatic carbocycles.